The zero-order valence-corrected chi connectivity index (χ0v) is 17.2. The Morgan fingerprint density at radius 2 is 1.82 bits per heavy atom. The Morgan fingerprint density at radius 1 is 1.09 bits per heavy atom. The molecule has 0 aliphatic rings. The van der Waals surface area contributed by atoms with E-state index >= 15 is 0 Å². The Labute approximate surface area is 187 Å². The third-order valence-electron chi connectivity index (χ3n) is 3.93. The van der Waals surface area contributed by atoms with Crippen molar-refractivity contribution in [3.63, 3.8) is 0 Å². The summed E-state index contributed by atoms with van der Waals surface area (Å²) in [5, 5.41) is 45.0. The number of amides is 2. The Balaban J connectivity index is 1.60. The van der Waals surface area contributed by atoms with E-state index in [1.54, 1.807) is 12.1 Å². The lowest BCUT2D eigenvalue weighted by atomic mass is 10.1. The topological polar surface area (TPSA) is 203 Å². The van der Waals surface area contributed by atoms with Crippen molar-refractivity contribution in [2.45, 2.75) is 6.42 Å². The number of carbonyl (C=O) groups excluding carboxylic acids is 2. The predicted molar refractivity (Wildman–Crippen MR) is 115 cm³/mol. The van der Waals surface area contributed by atoms with E-state index in [1.807, 2.05) is 0 Å². The van der Waals surface area contributed by atoms with Gasteiger partial charge in [-0.2, -0.15) is 5.10 Å². The van der Waals surface area contributed by atoms with Gasteiger partial charge in [-0.15, -0.1) is 10.2 Å². The molecule has 0 bridgehead atoms. The first-order valence-corrected chi connectivity index (χ1v) is 9.72. The van der Waals surface area contributed by atoms with Gasteiger partial charge in [-0.3, -0.25) is 35.1 Å². The van der Waals surface area contributed by atoms with E-state index in [-0.39, 0.29) is 22.3 Å². The van der Waals surface area contributed by atoms with Crippen molar-refractivity contribution in [3.05, 3.63) is 78.8 Å². The normalized spacial score (nSPS) is 10.7. The number of non-ortho nitro benzene ring substituents is 1. The number of nitrogens with one attached hydrogen (secondary N) is 2. The highest BCUT2D eigenvalue weighted by atomic mass is 32.1. The molecule has 0 unspecified atom stereocenters. The summed E-state index contributed by atoms with van der Waals surface area (Å²) in [6, 6.07) is 8.74. The SMILES string of the molecule is O=C(Cc1nnc(NC(=O)c2ccc([N+](=O)[O-])cc2[N+](=O)[O-])s1)N/N=C\c1ccc(O)cc1. The number of nitro benzene ring substituents is 2. The van der Waals surface area contributed by atoms with E-state index in [0.717, 1.165) is 23.5 Å². The Morgan fingerprint density at radius 3 is 2.48 bits per heavy atom. The highest BCUT2D eigenvalue weighted by molar-refractivity contribution is 7.15. The summed E-state index contributed by atoms with van der Waals surface area (Å²) in [7, 11) is 0. The number of anilines is 1. The maximum atomic E-state index is 12.4. The minimum Gasteiger partial charge on any atom is -0.508 e. The number of phenolic OH excluding ortho intramolecular Hbond substituents is 1. The van der Waals surface area contributed by atoms with Crippen LogP contribution in [0.4, 0.5) is 16.5 Å². The number of hydrazone groups is 1. The van der Waals surface area contributed by atoms with Crippen LogP contribution in [-0.2, 0) is 11.2 Å². The Hall–Kier alpha value is -4.79. The number of phenols is 1. The summed E-state index contributed by atoms with van der Waals surface area (Å²) in [5.74, 6) is -1.33. The number of rotatable bonds is 8. The van der Waals surface area contributed by atoms with Crippen molar-refractivity contribution in [3.8, 4) is 5.75 Å². The van der Waals surface area contributed by atoms with Crippen LogP contribution in [0.5, 0.6) is 5.75 Å². The third-order valence-corrected chi connectivity index (χ3v) is 4.77. The highest BCUT2D eigenvalue weighted by Crippen LogP contribution is 2.26. The van der Waals surface area contributed by atoms with Gasteiger partial charge in [-0.05, 0) is 35.9 Å². The lowest BCUT2D eigenvalue weighted by Gasteiger charge is -2.02. The van der Waals surface area contributed by atoms with Crippen molar-refractivity contribution >= 4 is 45.9 Å². The van der Waals surface area contributed by atoms with Crippen LogP contribution >= 0.6 is 11.3 Å². The van der Waals surface area contributed by atoms with Gasteiger partial charge in [-0.25, -0.2) is 5.43 Å². The van der Waals surface area contributed by atoms with Crippen LogP contribution in [0.2, 0.25) is 0 Å². The van der Waals surface area contributed by atoms with Crippen molar-refractivity contribution < 1.29 is 24.5 Å². The van der Waals surface area contributed by atoms with Crippen LogP contribution in [0.25, 0.3) is 0 Å². The fourth-order valence-electron chi connectivity index (χ4n) is 2.43. The Kier molecular flexibility index (Phi) is 6.94. The number of aromatic nitrogens is 2. The van der Waals surface area contributed by atoms with Crippen molar-refractivity contribution in [1.82, 2.24) is 15.6 Å². The number of hydrogen-bond donors (Lipinski definition) is 3. The molecule has 3 rings (SSSR count). The van der Waals surface area contributed by atoms with E-state index in [1.165, 1.54) is 18.3 Å². The molecular formula is C18H13N7O7S. The molecule has 0 aliphatic heterocycles. The molecule has 0 fully saturated rings. The van der Waals surface area contributed by atoms with Crippen molar-refractivity contribution in [1.29, 1.82) is 0 Å². The average Bonchev–Trinajstić information content (AvgIpc) is 3.21. The number of carbonyl (C=O) groups is 2. The first kappa shape index (κ1) is 22.9. The Bertz CT molecular complexity index is 1260. The highest BCUT2D eigenvalue weighted by Gasteiger charge is 2.25. The average molecular weight is 471 g/mol. The molecule has 2 aromatic carbocycles. The summed E-state index contributed by atoms with van der Waals surface area (Å²) in [5.41, 5.74) is 1.27. The largest absolute Gasteiger partial charge is 0.508 e. The molecule has 3 aromatic rings. The molecule has 1 heterocycles. The van der Waals surface area contributed by atoms with Gasteiger partial charge in [0.2, 0.25) is 11.0 Å². The molecule has 0 aliphatic carbocycles. The van der Waals surface area contributed by atoms with E-state index in [2.05, 4.69) is 26.0 Å². The smallest absolute Gasteiger partial charge is 0.289 e. The molecule has 0 atom stereocenters. The first-order valence-electron chi connectivity index (χ1n) is 8.90. The van der Waals surface area contributed by atoms with Gasteiger partial charge in [0.15, 0.2) is 0 Å². The van der Waals surface area contributed by atoms with Crippen LogP contribution in [0, 0.1) is 20.2 Å². The monoisotopic (exact) mass is 471 g/mol. The zero-order chi connectivity index (χ0) is 24.0. The van der Waals surface area contributed by atoms with Gasteiger partial charge in [0.25, 0.3) is 17.3 Å². The fourth-order valence-corrected chi connectivity index (χ4v) is 3.17. The molecule has 0 saturated heterocycles. The summed E-state index contributed by atoms with van der Waals surface area (Å²) in [6.45, 7) is 0. The molecule has 14 nitrogen and oxygen atoms in total. The molecule has 0 spiro atoms. The van der Waals surface area contributed by atoms with Crippen molar-refractivity contribution in [2.75, 3.05) is 5.32 Å². The lowest BCUT2D eigenvalue weighted by molar-refractivity contribution is -0.394. The van der Waals surface area contributed by atoms with E-state index in [0.29, 0.717) is 11.6 Å². The maximum absolute atomic E-state index is 12.4. The van der Waals surface area contributed by atoms with Crippen LogP contribution in [0.1, 0.15) is 20.9 Å². The molecule has 1 aromatic heterocycles. The second kappa shape index (κ2) is 10.0. The quantitative estimate of drug-likeness (QED) is 0.249. The number of nitro groups is 2. The second-order valence-electron chi connectivity index (χ2n) is 6.23. The number of benzene rings is 2. The fraction of sp³-hybridized carbons (Fsp3) is 0.0556. The first-order chi connectivity index (χ1) is 15.7. The molecule has 2 amide bonds. The molecule has 0 saturated carbocycles. The van der Waals surface area contributed by atoms with Gasteiger partial charge < -0.3 is 5.11 Å². The number of nitrogens with zero attached hydrogens (tertiary/aromatic N) is 5. The van der Waals surface area contributed by atoms with E-state index in [9.17, 15) is 34.9 Å². The molecule has 33 heavy (non-hydrogen) atoms. The third kappa shape index (κ3) is 6.11. The van der Waals surface area contributed by atoms with Crippen LogP contribution in [0.3, 0.4) is 0 Å². The van der Waals surface area contributed by atoms with Crippen LogP contribution < -0.4 is 10.7 Å². The van der Waals surface area contributed by atoms with Crippen molar-refractivity contribution in [2.24, 2.45) is 5.10 Å². The van der Waals surface area contributed by atoms with Gasteiger partial charge in [0.05, 0.1) is 28.5 Å². The summed E-state index contributed by atoms with van der Waals surface area (Å²) in [4.78, 5) is 44.6. The van der Waals surface area contributed by atoms with Gasteiger partial charge in [0.1, 0.15) is 16.3 Å². The summed E-state index contributed by atoms with van der Waals surface area (Å²) >= 11 is 0.865. The maximum Gasteiger partial charge on any atom is 0.289 e. The summed E-state index contributed by atoms with van der Waals surface area (Å²) in [6.07, 6.45) is 1.18. The van der Waals surface area contributed by atoms with Gasteiger partial charge in [-0.1, -0.05) is 11.3 Å². The van der Waals surface area contributed by atoms with E-state index in [4.69, 9.17) is 0 Å². The number of aromatic hydroxyl groups is 1. The number of hydrogen-bond acceptors (Lipinski definition) is 11. The van der Waals surface area contributed by atoms with Crippen LogP contribution in [-0.4, -0.2) is 43.2 Å². The molecular weight excluding hydrogens is 458 g/mol. The summed E-state index contributed by atoms with van der Waals surface area (Å²) < 4.78 is 0. The van der Waals surface area contributed by atoms with E-state index < -0.39 is 38.6 Å². The minimum atomic E-state index is -0.915. The molecule has 0 radical (unpaired) electrons. The van der Waals surface area contributed by atoms with Crippen LogP contribution in [0.15, 0.2) is 47.6 Å². The van der Waals surface area contributed by atoms with Gasteiger partial charge in [0, 0.05) is 6.07 Å². The molecule has 168 valence electrons. The van der Waals surface area contributed by atoms with Gasteiger partial charge >= 0.3 is 0 Å². The standard InChI is InChI=1S/C18H13N7O7S/c26-12-4-1-10(2-5-12)9-19-21-15(27)8-16-22-23-18(33-16)20-17(28)13-6-3-11(24(29)30)7-14(13)25(31)32/h1-7,9,26H,8H2,(H,21,27)(H,20,23,28)/b19-9-. The predicted octanol–water partition coefficient (Wildman–Crippen LogP) is 2.01. The zero-order valence-electron chi connectivity index (χ0n) is 16.4. The molecule has 3 N–H and O–H groups in total. The minimum absolute atomic E-state index is 0.0250. The second-order valence-corrected chi connectivity index (χ2v) is 7.29. The molecule has 15 heteroatoms. The lowest BCUT2D eigenvalue weighted by Crippen LogP contribution is -2.19.